The van der Waals surface area contributed by atoms with Gasteiger partial charge in [-0.1, -0.05) is 29.8 Å². The molecule has 6 heteroatoms. The summed E-state index contributed by atoms with van der Waals surface area (Å²) < 4.78 is 0.726. The van der Waals surface area contributed by atoms with Crippen molar-refractivity contribution in [3.63, 3.8) is 0 Å². The molecule has 0 aliphatic heterocycles. The zero-order chi connectivity index (χ0) is 16.0. The molecule has 1 aromatic carbocycles. The molecule has 1 unspecified atom stereocenters. The molecule has 1 atom stereocenters. The first-order chi connectivity index (χ1) is 9.81. The fourth-order valence-corrected chi connectivity index (χ4v) is 2.60. The highest BCUT2D eigenvalue weighted by molar-refractivity contribution is 9.10. The van der Waals surface area contributed by atoms with Crippen LogP contribution in [0.15, 0.2) is 22.7 Å². The lowest BCUT2D eigenvalue weighted by Crippen LogP contribution is -2.38. The van der Waals surface area contributed by atoms with Crippen molar-refractivity contribution in [3.8, 4) is 0 Å². The van der Waals surface area contributed by atoms with Gasteiger partial charge in [-0.25, -0.2) is 0 Å². The number of likely N-dealkylation sites (N-methyl/N-ethyl adjacent to an activating group) is 1. The van der Waals surface area contributed by atoms with Gasteiger partial charge in [0.05, 0.1) is 4.92 Å². The molecule has 0 aliphatic carbocycles. The summed E-state index contributed by atoms with van der Waals surface area (Å²) in [6.07, 6.45) is 1.10. The number of nitro benzene ring substituents is 1. The quantitative estimate of drug-likeness (QED) is 0.571. The van der Waals surface area contributed by atoms with Crippen molar-refractivity contribution in [2.45, 2.75) is 32.9 Å². The Morgan fingerprint density at radius 1 is 1.38 bits per heavy atom. The van der Waals surface area contributed by atoms with Crippen LogP contribution in [0.3, 0.4) is 0 Å². The topological polar surface area (TPSA) is 58.4 Å². The van der Waals surface area contributed by atoms with E-state index >= 15 is 0 Å². The zero-order valence-corrected chi connectivity index (χ0v) is 14.7. The lowest BCUT2D eigenvalue weighted by Gasteiger charge is -2.26. The minimum atomic E-state index is -0.334. The van der Waals surface area contributed by atoms with E-state index in [9.17, 15) is 10.1 Å². The number of halogens is 1. The molecule has 0 aromatic heterocycles. The molecule has 0 bridgehead atoms. The number of rotatable bonds is 8. The van der Waals surface area contributed by atoms with E-state index < -0.39 is 0 Å². The van der Waals surface area contributed by atoms with Crippen LogP contribution in [-0.2, 0) is 6.54 Å². The molecule has 0 amide bonds. The van der Waals surface area contributed by atoms with Gasteiger partial charge in [0.1, 0.15) is 0 Å². The molecular formula is C15H24BrN3O2. The van der Waals surface area contributed by atoms with Crippen LogP contribution in [0.2, 0.25) is 0 Å². The summed E-state index contributed by atoms with van der Waals surface area (Å²) in [7, 11) is 4.13. The maximum absolute atomic E-state index is 11.1. The van der Waals surface area contributed by atoms with E-state index in [1.807, 2.05) is 6.07 Å². The van der Waals surface area contributed by atoms with E-state index in [-0.39, 0.29) is 10.6 Å². The third-order valence-corrected chi connectivity index (χ3v) is 3.91. The number of nitro groups is 1. The average molecular weight is 358 g/mol. The summed E-state index contributed by atoms with van der Waals surface area (Å²) in [5.74, 6) is 0.626. The van der Waals surface area contributed by atoms with E-state index in [0.717, 1.165) is 17.4 Å². The molecule has 1 aromatic rings. The second-order valence-electron chi connectivity index (χ2n) is 5.91. The van der Waals surface area contributed by atoms with Gasteiger partial charge in [0.2, 0.25) is 0 Å². The van der Waals surface area contributed by atoms with E-state index in [0.29, 0.717) is 24.1 Å². The summed E-state index contributed by atoms with van der Waals surface area (Å²) >= 11 is 3.27. The van der Waals surface area contributed by atoms with Gasteiger partial charge in [-0.15, -0.1) is 0 Å². The third-order valence-electron chi connectivity index (χ3n) is 3.41. The molecule has 0 spiro atoms. The van der Waals surface area contributed by atoms with Crippen molar-refractivity contribution in [1.82, 2.24) is 10.2 Å². The van der Waals surface area contributed by atoms with E-state index in [1.165, 1.54) is 0 Å². The Morgan fingerprint density at radius 3 is 2.57 bits per heavy atom. The largest absolute Gasteiger partial charge is 0.311 e. The maximum Gasteiger partial charge on any atom is 0.275 e. The van der Waals surface area contributed by atoms with Gasteiger partial charge in [-0.2, -0.15) is 0 Å². The first kappa shape index (κ1) is 18.1. The van der Waals surface area contributed by atoms with Crippen LogP contribution >= 0.6 is 15.9 Å². The van der Waals surface area contributed by atoms with Crippen LogP contribution in [0.4, 0.5) is 5.69 Å². The zero-order valence-electron chi connectivity index (χ0n) is 13.1. The van der Waals surface area contributed by atoms with Gasteiger partial charge in [0.15, 0.2) is 0 Å². The van der Waals surface area contributed by atoms with Crippen molar-refractivity contribution in [2.24, 2.45) is 5.92 Å². The monoisotopic (exact) mass is 357 g/mol. The molecule has 0 saturated carbocycles. The Morgan fingerprint density at radius 2 is 2.05 bits per heavy atom. The first-order valence-corrected chi connectivity index (χ1v) is 7.90. The highest BCUT2D eigenvalue weighted by Gasteiger charge is 2.16. The molecule has 0 aliphatic rings. The smallest absolute Gasteiger partial charge is 0.275 e. The van der Waals surface area contributed by atoms with E-state index in [2.05, 4.69) is 54.1 Å². The van der Waals surface area contributed by atoms with Crippen LogP contribution in [0.25, 0.3) is 0 Å². The van der Waals surface area contributed by atoms with Gasteiger partial charge in [-0.05, 0) is 38.6 Å². The van der Waals surface area contributed by atoms with Crippen molar-refractivity contribution in [1.29, 1.82) is 0 Å². The van der Waals surface area contributed by atoms with Crippen molar-refractivity contribution in [2.75, 3.05) is 20.6 Å². The highest BCUT2D eigenvalue weighted by Crippen LogP contribution is 2.23. The predicted molar refractivity (Wildman–Crippen MR) is 89.4 cm³/mol. The predicted octanol–water partition coefficient (Wildman–Crippen LogP) is 3.42. The lowest BCUT2D eigenvalue weighted by molar-refractivity contribution is -0.385. The van der Waals surface area contributed by atoms with Gasteiger partial charge in [0.25, 0.3) is 5.69 Å². The van der Waals surface area contributed by atoms with Gasteiger partial charge in [0, 0.05) is 35.2 Å². The summed E-state index contributed by atoms with van der Waals surface area (Å²) in [6.45, 7) is 5.73. The van der Waals surface area contributed by atoms with Gasteiger partial charge in [-0.3, -0.25) is 10.1 Å². The second-order valence-corrected chi connectivity index (χ2v) is 6.82. The molecule has 0 saturated heterocycles. The molecule has 0 fully saturated rings. The number of benzene rings is 1. The van der Waals surface area contributed by atoms with Gasteiger partial charge < -0.3 is 10.2 Å². The van der Waals surface area contributed by atoms with Crippen molar-refractivity contribution in [3.05, 3.63) is 38.3 Å². The Hall–Kier alpha value is -0.980. The average Bonchev–Trinajstić information content (AvgIpc) is 2.38. The Bertz CT molecular complexity index is 478. The fourth-order valence-electron chi connectivity index (χ4n) is 2.25. The molecule has 5 nitrogen and oxygen atoms in total. The van der Waals surface area contributed by atoms with Crippen LogP contribution in [0, 0.1) is 16.0 Å². The van der Waals surface area contributed by atoms with Crippen LogP contribution in [-0.4, -0.2) is 36.5 Å². The molecule has 0 radical (unpaired) electrons. The standard InChI is InChI=1S/C15H24BrN3O2/c1-11(2)7-14(18(3)4)10-17-9-12-5-6-13(16)8-15(12)19(20)21/h5-6,8,11,14,17H,7,9-10H2,1-4H3. The van der Waals surface area contributed by atoms with E-state index in [4.69, 9.17) is 0 Å². The normalized spacial score (nSPS) is 12.9. The molecule has 1 N–H and O–H groups in total. The number of nitrogens with zero attached hydrogens (tertiary/aromatic N) is 2. The Labute approximate surface area is 135 Å². The lowest BCUT2D eigenvalue weighted by atomic mass is 10.0. The summed E-state index contributed by atoms with van der Waals surface area (Å²) in [5.41, 5.74) is 0.868. The summed E-state index contributed by atoms with van der Waals surface area (Å²) in [4.78, 5) is 12.9. The van der Waals surface area contributed by atoms with Crippen LogP contribution < -0.4 is 5.32 Å². The number of hydrogen-bond acceptors (Lipinski definition) is 4. The third kappa shape index (κ3) is 6.11. The molecular weight excluding hydrogens is 334 g/mol. The SMILES string of the molecule is CC(C)CC(CNCc1ccc(Br)cc1[N+](=O)[O-])N(C)C. The Kier molecular flexibility index (Phi) is 7.28. The molecule has 118 valence electrons. The Balaban J connectivity index is 2.64. The summed E-state index contributed by atoms with van der Waals surface area (Å²) in [6, 6.07) is 5.61. The van der Waals surface area contributed by atoms with Crippen LogP contribution in [0.5, 0.6) is 0 Å². The highest BCUT2D eigenvalue weighted by atomic mass is 79.9. The minimum absolute atomic E-state index is 0.155. The summed E-state index contributed by atoms with van der Waals surface area (Å²) in [5, 5.41) is 14.4. The van der Waals surface area contributed by atoms with Gasteiger partial charge >= 0.3 is 0 Å². The van der Waals surface area contributed by atoms with E-state index in [1.54, 1.807) is 12.1 Å². The first-order valence-electron chi connectivity index (χ1n) is 7.11. The number of hydrogen-bond donors (Lipinski definition) is 1. The number of nitrogens with one attached hydrogen (secondary N) is 1. The fraction of sp³-hybridized carbons (Fsp3) is 0.600. The minimum Gasteiger partial charge on any atom is -0.311 e. The maximum atomic E-state index is 11.1. The van der Waals surface area contributed by atoms with Crippen molar-refractivity contribution < 1.29 is 4.92 Å². The van der Waals surface area contributed by atoms with Crippen LogP contribution in [0.1, 0.15) is 25.8 Å². The second kappa shape index (κ2) is 8.46. The molecule has 0 heterocycles. The molecule has 21 heavy (non-hydrogen) atoms. The van der Waals surface area contributed by atoms with Crippen molar-refractivity contribution >= 4 is 21.6 Å². The molecule has 1 rings (SSSR count).